The molecule has 3 rings (SSSR count). The summed E-state index contributed by atoms with van der Waals surface area (Å²) in [6.07, 6.45) is 3.08. The number of nitrogens with zero attached hydrogens (tertiary/aromatic N) is 2. The largest absolute Gasteiger partial charge is 0.467 e. The maximum absolute atomic E-state index is 6.14. The van der Waals surface area contributed by atoms with Crippen LogP contribution in [0.2, 0.25) is 5.02 Å². The van der Waals surface area contributed by atoms with Gasteiger partial charge in [-0.05, 0) is 23.8 Å². The third-order valence-electron chi connectivity index (χ3n) is 3.30. The van der Waals surface area contributed by atoms with E-state index in [1.165, 1.54) is 6.33 Å². The molecule has 0 aliphatic rings. The van der Waals surface area contributed by atoms with Gasteiger partial charge in [-0.3, -0.25) is 0 Å². The van der Waals surface area contributed by atoms with E-state index in [-0.39, 0.29) is 0 Å². The van der Waals surface area contributed by atoms with Crippen LogP contribution in [-0.2, 0) is 13.1 Å². The second-order valence-corrected chi connectivity index (χ2v) is 5.27. The Hall–Kier alpha value is -2.73. The summed E-state index contributed by atoms with van der Waals surface area (Å²) in [4.78, 5) is 8.33. The molecule has 4 N–H and O–H groups in total. The number of rotatable bonds is 6. The lowest BCUT2D eigenvalue weighted by Gasteiger charge is -2.12. The molecule has 2 aromatic heterocycles. The summed E-state index contributed by atoms with van der Waals surface area (Å²) in [5.41, 5.74) is 7.53. The van der Waals surface area contributed by atoms with Crippen molar-refractivity contribution in [2.45, 2.75) is 13.1 Å². The minimum atomic E-state index is 0.450. The SMILES string of the molecule is Nc1c(NCc2ccco2)ncnc1NCc1ccccc1Cl. The van der Waals surface area contributed by atoms with E-state index in [2.05, 4.69) is 20.6 Å². The van der Waals surface area contributed by atoms with Crippen LogP contribution in [0.15, 0.2) is 53.4 Å². The van der Waals surface area contributed by atoms with Gasteiger partial charge in [-0.15, -0.1) is 0 Å². The molecule has 118 valence electrons. The van der Waals surface area contributed by atoms with Crippen LogP contribution in [-0.4, -0.2) is 9.97 Å². The van der Waals surface area contributed by atoms with E-state index in [1.807, 2.05) is 36.4 Å². The fraction of sp³-hybridized carbons (Fsp3) is 0.125. The molecule has 6 nitrogen and oxygen atoms in total. The van der Waals surface area contributed by atoms with E-state index >= 15 is 0 Å². The minimum Gasteiger partial charge on any atom is -0.467 e. The molecular formula is C16H16ClN5O. The van der Waals surface area contributed by atoms with Crippen molar-refractivity contribution in [1.82, 2.24) is 9.97 Å². The quantitative estimate of drug-likeness (QED) is 0.641. The summed E-state index contributed by atoms with van der Waals surface area (Å²) >= 11 is 6.14. The monoisotopic (exact) mass is 329 g/mol. The van der Waals surface area contributed by atoms with Crippen molar-refractivity contribution in [3.05, 3.63) is 65.3 Å². The van der Waals surface area contributed by atoms with Crippen LogP contribution in [0.25, 0.3) is 0 Å². The normalized spacial score (nSPS) is 10.5. The van der Waals surface area contributed by atoms with E-state index < -0.39 is 0 Å². The summed E-state index contributed by atoms with van der Waals surface area (Å²) in [7, 11) is 0. The third-order valence-corrected chi connectivity index (χ3v) is 3.67. The highest BCUT2D eigenvalue weighted by molar-refractivity contribution is 6.31. The zero-order valence-electron chi connectivity index (χ0n) is 12.3. The lowest BCUT2D eigenvalue weighted by molar-refractivity contribution is 0.518. The number of anilines is 3. The first kappa shape index (κ1) is 15.2. The molecule has 0 saturated heterocycles. The molecule has 0 bridgehead atoms. The van der Waals surface area contributed by atoms with Gasteiger partial charge in [0.05, 0.1) is 12.8 Å². The number of nitrogen functional groups attached to an aromatic ring is 1. The molecule has 0 unspecified atom stereocenters. The number of hydrogen-bond acceptors (Lipinski definition) is 6. The highest BCUT2D eigenvalue weighted by Gasteiger charge is 2.09. The van der Waals surface area contributed by atoms with E-state index in [9.17, 15) is 0 Å². The Morgan fingerprint density at radius 2 is 1.74 bits per heavy atom. The van der Waals surface area contributed by atoms with Gasteiger partial charge in [0, 0.05) is 11.6 Å². The maximum Gasteiger partial charge on any atom is 0.155 e. The predicted molar refractivity (Wildman–Crippen MR) is 91.3 cm³/mol. The molecule has 0 spiro atoms. The Morgan fingerprint density at radius 1 is 1.00 bits per heavy atom. The highest BCUT2D eigenvalue weighted by Crippen LogP contribution is 2.24. The third kappa shape index (κ3) is 3.73. The number of nitrogens with one attached hydrogen (secondary N) is 2. The van der Waals surface area contributed by atoms with Gasteiger partial charge in [-0.1, -0.05) is 29.8 Å². The van der Waals surface area contributed by atoms with Gasteiger partial charge < -0.3 is 20.8 Å². The summed E-state index contributed by atoms with van der Waals surface area (Å²) < 4.78 is 5.27. The molecule has 7 heteroatoms. The van der Waals surface area contributed by atoms with Crippen LogP contribution in [0.1, 0.15) is 11.3 Å². The van der Waals surface area contributed by atoms with Crippen molar-refractivity contribution >= 4 is 28.9 Å². The number of hydrogen-bond donors (Lipinski definition) is 3. The molecular weight excluding hydrogens is 314 g/mol. The molecule has 0 aliphatic heterocycles. The van der Waals surface area contributed by atoms with E-state index in [1.54, 1.807) is 6.26 Å². The molecule has 0 radical (unpaired) electrons. The topological polar surface area (TPSA) is 89.0 Å². The zero-order valence-corrected chi connectivity index (χ0v) is 13.0. The molecule has 2 heterocycles. The Labute approximate surface area is 138 Å². The Kier molecular flexibility index (Phi) is 4.63. The Balaban J connectivity index is 1.68. The smallest absolute Gasteiger partial charge is 0.155 e. The summed E-state index contributed by atoms with van der Waals surface area (Å²) in [6, 6.07) is 11.3. The maximum atomic E-state index is 6.14. The molecule has 0 saturated carbocycles. The lowest BCUT2D eigenvalue weighted by Crippen LogP contribution is -2.09. The van der Waals surface area contributed by atoms with Gasteiger partial charge in [0.1, 0.15) is 17.8 Å². The van der Waals surface area contributed by atoms with Crippen LogP contribution >= 0.6 is 11.6 Å². The van der Waals surface area contributed by atoms with Gasteiger partial charge >= 0.3 is 0 Å². The van der Waals surface area contributed by atoms with E-state index in [0.29, 0.717) is 35.4 Å². The Morgan fingerprint density at radius 3 is 2.43 bits per heavy atom. The number of aromatic nitrogens is 2. The summed E-state index contributed by atoms with van der Waals surface area (Å²) in [5.74, 6) is 1.91. The molecule has 0 fully saturated rings. The van der Waals surface area contributed by atoms with Crippen LogP contribution in [0.5, 0.6) is 0 Å². The van der Waals surface area contributed by atoms with Crippen LogP contribution in [0.4, 0.5) is 17.3 Å². The fourth-order valence-electron chi connectivity index (χ4n) is 2.08. The first-order valence-electron chi connectivity index (χ1n) is 7.08. The number of nitrogens with two attached hydrogens (primary N) is 1. The van der Waals surface area contributed by atoms with Gasteiger partial charge in [0.25, 0.3) is 0 Å². The van der Waals surface area contributed by atoms with Crippen molar-refractivity contribution in [1.29, 1.82) is 0 Å². The van der Waals surface area contributed by atoms with Gasteiger partial charge in [-0.25, -0.2) is 9.97 Å². The van der Waals surface area contributed by atoms with Crippen molar-refractivity contribution in [3.63, 3.8) is 0 Å². The van der Waals surface area contributed by atoms with Gasteiger partial charge in [0.2, 0.25) is 0 Å². The lowest BCUT2D eigenvalue weighted by atomic mass is 10.2. The predicted octanol–water partition coefficient (Wildman–Crippen LogP) is 3.53. The van der Waals surface area contributed by atoms with E-state index in [0.717, 1.165) is 11.3 Å². The van der Waals surface area contributed by atoms with Crippen LogP contribution in [0, 0.1) is 0 Å². The number of benzene rings is 1. The highest BCUT2D eigenvalue weighted by atomic mass is 35.5. The second kappa shape index (κ2) is 7.02. The molecule has 0 aliphatic carbocycles. The first-order valence-corrected chi connectivity index (χ1v) is 7.46. The van der Waals surface area contributed by atoms with Crippen molar-refractivity contribution in [2.24, 2.45) is 0 Å². The Bertz CT molecular complexity index is 776. The van der Waals surface area contributed by atoms with Crippen molar-refractivity contribution < 1.29 is 4.42 Å². The molecule has 0 amide bonds. The number of furan rings is 1. The molecule has 3 aromatic rings. The molecule has 23 heavy (non-hydrogen) atoms. The average Bonchev–Trinajstić information content (AvgIpc) is 3.07. The van der Waals surface area contributed by atoms with Gasteiger partial charge in [0.15, 0.2) is 11.6 Å². The average molecular weight is 330 g/mol. The number of halogens is 1. The molecule has 1 aromatic carbocycles. The minimum absolute atomic E-state index is 0.450. The standard InChI is InChI=1S/C16H16ClN5O/c17-13-6-2-1-4-11(13)8-19-15-14(18)16(22-10-21-15)20-9-12-5-3-7-23-12/h1-7,10H,8-9,18H2,(H2,19,20,21,22). The van der Waals surface area contributed by atoms with Crippen LogP contribution < -0.4 is 16.4 Å². The van der Waals surface area contributed by atoms with Crippen molar-refractivity contribution in [3.8, 4) is 0 Å². The first-order chi connectivity index (χ1) is 11.2. The summed E-state index contributed by atoms with van der Waals surface area (Å²) in [6.45, 7) is 1.02. The van der Waals surface area contributed by atoms with Crippen LogP contribution in [0.3, 0.4) is 0 Å². The second-order valence-electron chi connectivity index (χ2n) is 4.86. The van der Waals surface area contributed by atoms with Gasteiger partial charge in [-0.2, -0.15) is 0 Å². The zero-order chi connectivity index (χ0) is 16.1. The van der Waals surface area contributed by atoms with E-state index in [4.69, 9.17) is 21.8 Å². The van der Waals surface area contributed by atoms with Crippen molar-refractivity contribution in [2.75, 3.05) is 16.4 Å². The summed E-state index contributed by atoms with van der Waals surface area (Å²) in [5, 5.41) is 7.01. The molecule has 0 atom stereocenters. The fourth-order valence-corrected chi connectivity index (χ4v) is 2.28.